The Morgan fingerprint density at radius 3 is 2.62 bits per heavy atom. The molecule has 0 N–H and O–H groups in total. The monoisotopic (exact) mass is 399 g/mol. The van der Waals surface area contributed by atoms with Gasteiger partial charge in [0, 0.05) is 38.3 Å². The Hall–Kier alpha value is -2.12. The van der Waals surface area contributed by atoms with E-state index in [0.717, 1.165) is 87.7 Å². The van der Waals surface area contributed by atoms with Crippen LogP contribution in [0.3, 0.4) is 0 Å². The van der Waals surface area contributed by atoms with Crippen LogP contribution in [-0.2, 0) is 11.3 Å². The minimum atomic E-state index is 0.0967. The third kappa shape index (κ3) is 4.12. The van der Waals surface area contributed by atoms with Gasteiger partial charge in [-0.15, -0.1) is 0 Å². The molecule has 2 aliphatic rings. The Morgan fingerprint density at radius 1 is 1.21 bits per heavy atom. The molecule has 0 atom stereocenters. The molecule has 3 heterocycles. The van der Waals surface area contributed by atoms with Crippen molar-refractivity contribution in [2.24, 2.45) is 0 Å². The van der Waals surface area contributed by atoms with Gasteiger partial charge in [0.05, 0.1) is 24.2 Å². The summed E-state index contributed by atoms with van der Waals surface area (Å²) in [5, 5.41) is 0. The summed E-state index contributed by atoms with van der Waals surface area (Å²) in [6, 6.07) is 6.32. The van der Waals surface area contributed by atoms with Crippen molar-refractivity contribution >= 4 is 22.9 Å². The van der Waals surface area contributed by atoms with E-state index in [9.17, 15) is 4.79 Å². The van der Waals surface area contributed by atoms with E-state index < -0.39 is 0 Å². The molecule has 4 rings (SSSR count). The fraction of sp³-hybridized carbons (Fsp3) is 0.636. The number of hydrogen-bond acceptors (Lipinski definition) is 5. The molecule has 2 saturated heterocycles. The summed E-state index contributed by atoms with van der Waals surface area (Å²) in [5.74, 6) is 1.10. The first kappa shape index (κ1) is 20.2. The first-order valence-corrected chi connectivity index (χ1v) is 10.9. The number of likely N-dealkylation sites (tertiary alicyclic amines) is 1. The molecule has 29 heavy (non-hydrogen) atoms. The standard InChI is InChI=1S/C22H33N5O2/c1-4-9-27-20-6-5-17(21(28)25(3)18-7-10-24(2)11-8-18)16-19(20)23-22(27)26-12-14-29-15-13-26/h5-6,16,18H,4,7-15H2,1-3H3. The lowest BCUT2D eigenvalue weighted by Gasteiger charge is -2.35. The van der Waals surface area contributed by atoms with E-state index in [1.54, 1.807) is 0 Å². The molecule has 0 saturated carbocycles. The third-order valence-corrected chi connectivity index (χ3v) is 6.27. The van der Waals surface area contributed by atoms with Crippen molar-refractivity contribution in [2.75, 3.05) is 58.4 Å². The number of hydrogen-bond donors (Lipinski definition) is 0. The van der Waals surface area contributed by atoms with E-state index in [0.29, 0.717) is 6.04 Å². The summed E-state index contributed by atoms with van der Waals surface area (Å²) < 4.78 is 7.79. The zero-order valence-corrected chi connectivity index (χ0v) is 17.9. The zero-order valence-electron chi connectivity index (χ0n) is 17.9. The van der Waals surface area contributed by atoms with E-state index >= 15 is 0 Å². The lowest BCUT2D eigenvalue weighted by molar-refractivity contribution is 0.0659. The number of morpholine rings is 1. The topological polar surface area (TPSA) is 53.8 Å². The SMILES string of the molecule is CCCn1c(N2CCOCC2)nc2cc(C(=O)N(C)C3CCN(C)CC3)ccc21. The van der Waals surface area contributed by atoms with Gasteiger partial charge < -0.3 is 24.0 Å². The van der Waals surface area contributed by atoms with Crippen molar-refractivity contribution in [3.8, 4) is 0 Å². The van der Waals surface area contributed by atoms with Gasteiger partial charge >= 0.3 is 0 Å². The van der Waals surface area contributed by atoms with Gasteiger partial charge in [-0.1, -0.05) is 6.92 Å². The highest BCUT2D eigenvalue weighted by Gasteiger charge is 2.26. The molecule has 0 spiro atoms. The normalized spacial score (nSPS) is 19.1. The van der Waals surface area contributed by atoms with Gasteiger partial charge in [0.25, 0.3) is 5.91 Å². The van der Waals surface area contributed by atoms with E-state index in [-0.39, 0.29) is 5.91 Å². The van der Waals surface area contributed by atoms with Crippen molar-refractivity contribution in [2.45, 2.75) is 38.8 Å². The summed E-state index contributed by atoms with van der Waals surface area (Å²) in [4.78, 5) is 24.6. The first-order chi connectivity index (χ1) is 14.1. The van der Waals surface area contributed by atoms with Crippen LogP contribution in [0.15, 0.2) is 18.2 Å². The predicted molar refractivity (Wildman–Crippen MR) is 116 cm³/mol. The molecule has 1 aromatic heterocycles. The van der Waals surface area contributed by atoms with E-state index in [1.807, 2.05) is 24.1 Å². The number of piperidine rings is 1. The van der Waals surface area contributed by atoms with Crippen LogP contribution in [0.1, 0.15) is 36.5 Å². The second kappa shape index (κ2) is 8.71. The number of aryl methyl sites for hydroxylation is 1. The number of amides is 1. The van der Waals surface area contributed by atoms with Crippen molar-refractivity contribution in [3.05, 3.63) is 23.8 Å². The van der Waals surface area contributed by atoms with Gasteiger partial charge in [-0.05, 0) is 57.6 Å². The van der Waals surface area contributed by atoms with Crippen LogP contribution in [0.2, 0.25) is 0 Å². The molecule has 2 aliphatic heterocycles. The molecular formula is C22H33N5O2. The van der Waals surface area contributed by atoms with Gasteiger partial charge in [0.15, 0.2) is 0 Å². The number of imidazole rings is 1. The Bertz CT molecular complexity index is 850. The fourth-order valence-corrected chi connectivity index (χ4v) is 4.45. The first-order valence-electron chi connectivity index (χ1n) is 10.9. The second-order valence-electron chi connectivity index (χ2n) is 8.32. The van der Waals surface area contributed by atoms with Crippen LogP contribution in [0.25, 0.3) is 11.0 Å². The Labute approximate surface area is 173 Å². The van der Waals surface area contributed by atoms with Crippen LogP contribution in [0.5, 0.6) is 0 Å². The quantitative estimate of drug-likeness (QED) is 0.773. The van der Waals surface area contributed by atoms with Gasteiger partial charge in [-0.3, -0.25) is 4.79 Å². The molecular weight excluding hydrogens is 366 g/mol. The van der Waals surface area contributed by atoms with E-state index in [4.69, 9.17) is 9.72 Å². The van der Waals surface area contributed by atoms with Crippen LogP contribution in [-0.4, -0.2) is 84.8 Å². The number of carbonyl (C=O) groups is 1. The minimum absolute atomic E-state index is 0.0967. The number of benzene rings is 1. The van der Waals surface area contributed by atoms with Gasteiger partial charge in [0.2, 0.25) is 5.95 Å². The maximum atomic E-state index is 13.1. The highest BCUT2D eigenvalue weighted by Crippen LogP contribution is 2.26. The zero-order chi connectivity index (χ0) is 20.4. The van der Waals surface area contributed by atoms with Crippen LogP contribution >= 0.6 is 0 Å². The maximum Gasteiger partial charge on any atom is 0.253 e. The van der Waals surface area contributed by atoms with Crippen molar-refractivity contribution < 1.29 is 9.53 Å². The van der Waals surface area contributed by atoms with Crippen LogP contribution < -0.4 is 4.90 Å². The summed E-state index contributed by atoms with van der Waals surface area (Å²) >= 11 is 0. The molecule has 0 bridgehead atoms. The molecule has 7 heteroatoms. The highest BCUT2D eigenvalue weighted by molar-refractivity contribution is 5.97. The summed E-state index contributed by atoms with van der Waals surface area (Å²) in [5.41, 5.74) is 2.74. The molecule has 2 fully saturated rings. The largest absolute Gasteiger partial charge is 0.378 e. The highest BCUT2D eigenvalue weighted by atomic mass is 16.5. The number of aromatic nitrogens is 2. The fourth-order valence-electron chi connectivity index (χ4n) is 4.45. The summed E-state index contributed by atoms with van der Waals surface area (Å²) in [6.45, 7) is 8.39. The van der Waals surface area contributed by atoms with E-state index in [2.05, 4.69) is 34.4 Å². The molecule has 0 unspecified atom stereocenters. The maximum absolute atomic E-state index is 13.1. The number of nitrogens with zero attached hydrogens (tertiary/aromatic N) is 5. The predicted octanol–water partition coefficient (Wildman–Crippen LogP) is 2.45. The average molecular weight is 400 g/mol. The number of anilines is 1. The molecule has 158 valence electrons. The summed E-state index contributed by atoms with van der Waals surface area (Å²) in [7, 11) is 4.09. The van der Waals surface area contributed by atoms with Gasteiger partial charge in [0.1, 0.15) is 0 Å². The van der Waals surface area contributed by atoms with Crippen molar-refractivity contribution in [1.82, 2.24) is 19.4 Å². The second-order valence-corrected chi connectivity index (χ2v) is 8.32. The lowest BCUT2D eigenvalue weighted by Crippen LogP contribution is -2.44. The van der Waals surface area contributed by atoms with Crippen molar-refractivity contribution in [3.63, 3.8) is 0 Å². The van der Waals surface area contributed by atoms with Gasteiger partial charge in [-0.25, -0.2) is 4.98 Å². The molecule has 1 amide bonds. The van der Waals surface area contributed by atoms with Crippen molar-refractivity contribution in [1.29, 1.82) is 0 Å². The molecule has 2 aromatic rings. The number of fused-ring (bicyclic) bond motifs is 1. The van der Waals surface area contributed by atoms with Crippen LogP contribution in [0.4, 0.5) is 5.95 Å². The molecule has 1 aromatic carbocycles. The lowest BCUT2D eigenvalue weighted by atomic mass is 10.0. The third-order valence-electron chi connectivity index (χ3n) is 6.27. The number of carbonyl (C=O) groups excluding carboxylic acids is 1. The average Bonchev–Trinajstić information content (AvgIpc) is 3.12. The molecule has 0 radical (unpaired) electrons. The van der Waals surface area contributed by atoms with E-state index in [1.165, 1.54) is 0 Å². The minimum Gasteiger partial charge on any atom is -0.378 e. The molecule has 7 nitrogen and oxygen atoms in total. The van der Waals surface area contributed by atoms with Gasteiger partial charge in [-0.2, -0.15) is 0 Å². The Kier molecular flexibility index (Phi) is 6.06. The summed E-state index contributed by atoms with van der Waals surface area (Å²) in [6.07, 6.45) is 3.11. The smallest absolute Gasteiger partial charge is 0.253 e. The van der Waals surface area contributed by atoms with Crippen LogP contribution in [0, 0.1) is 0 Å². The number of rotatable bonds is 5. The number of ether oxygens (including phenoxy) is 1. The Balaban J connectivity index is 1.60. The Morgan fingerprint density at radius 2 is 1.93 bits per heavy atom. The molecule has 0 aliphatic carbocycles.